The molecule has 1 aromatic carbocycles. The zero-order chi connectivity index (χ0) is 22.9. The lowest BCUT2D eigenvalue weighted by molar-refractivity contribution is -0.112. The zero-order valence-corrected chi connectivity index (χ0v) is 19.8. The van der Waals surface area contributed by atoms with Gasteiger partial charge >= 0.3 is 0 Å². The summed E-state index contributed by atoms with van der Waals surface area (Å²) in [7, 11) is 0. The number of hydrogen-bond donors (Lipinski definition) is 1. The number of rotatable bonds is 4. The summed E-state index contributed by atoms with van der Waals surface area (Å²) >= 11 is 7.43. The number of aromatic nitrogens is 1. The molecule has 0 spiro atoms. The Morgan fingerprint density at radius 3 is 2.72 bits per heavy atom. The Morgan fingerprint density at radius 2 is 2.03 bits per heavy atom. The van der Waals surface area contributed by atoms with Gasteiger partial charge in [0.15, 0.2) is 5.13 Å². The van der Waals surface area contributed by atoms with E-state index in [1.165, 1.54) is 22.3 Å². The highest BCUT2D eigenvalue weighted by Gasteiger charge is 2.31. The molecule has 2 aromatic heterocycles. The molecule has 4 rings (SSSR count). The fraction of sp³-hybridized carbons (Fsp3) is 0.320. The molecule has 7 heteroatoms. The molecule has 32 heavy (non-hydrogen) atoms. The van der Waals surface area contributed by atoms with Crippen LogP contribution in [0, 0.1) is 22.7 Å². The molecule has 2 heterocycles. The van der Waals surface area contributed by atoms with Crippen LogP contribution in [0.5, 0.6) is 0 Å². The normalized spacial score (nSPS) is 16.3. The van der Waals surface area contributed by atoms with Crippen LogP contribution >= 0.6 is 22.9 Å². The second-order valence-corrected chi connectivity index (χ2v) is 10.5. The first-order valence-corrected chi connectivity index (χ1v) is 11.7. The van der Waals surface area contributed by atoms with Gasteiger partial charge in [0.1, 0.15) is 23.2 Å². The van der Waals surface area contributed by atoms with Crippen LogP contribution in [-0.2, 0) is 17.6 Å². The smallest absolute Gasteiger partial charge is 0.268 e. The Morgan fingerprint density at radius 1 is 1.28 bits per heavy atom. The highest BCUT2D eigenvalue weighted by molar-refractivity contribution is 7.15. The first-order chi connectivity index (χ1) is 15.2. The van der Waals surface area contributed by atoms with Crippen LogP contribution < -0.4 is 5.32 Å². The van der Waals surface area contributed by atoms with Gasteiger partial charge in [-0.3, -0.25) is 10.1 Å². The summed E-state index contributed by atoms with van der Waals surface area (Å²) < 4.78 is 5.79. The molecule has 0 radical (unpaired) electrons. The zero-order valence-electron chi connectivity index (χ0n) is 18.2. The van der Waals surface area contributed by atoms with Crippen molar-refractivity contribution in [3.05, 3.63) is 63.3 Å². The van der Waals surface area contributed by atoms with Crippen molar-refractivity contribution in [2.75, 3.05) is 5.32 Å². The second-order valence-electron chi connectivity index (χ2n) is 9.03. The maximum Gasteiger partial charge on any atom is 0.268 e. The molecular weight excluding hydrogens is 442 g/mol. The molecule has 0 bridgehead atoms. The summed E-state index contributed by atoms with van der Waals surface area (Å²) in [6.07, 6.45) is 4.45. The topological polar surface area (TPSA) is 78.9 Å². The number of halogens is 1. The van der Waals surface area contributed by atoms with Crippen LogP contribution in [0.3, 0.4) is 0 Å². The Hall–Kier alpha value is -2.88. The van der Waals surface area contributed by atoms with Crippen LogP contribution in [0.15, 0.2) is 46.4 Å². The maximum atomic E-state index is 12.7. The van der Waals surface area contributed by atoms with E-state index in [1.54, 1.807) is 24.3 Å². The highest BCUT2D eigenvalue weighted by Crippen LogP contribution is 2.40. The van der Waals surface area contributed by atoms with Gasteiger partial charge in [-0.05, 0) is 67.0 Å². The molecule has 1 aliphatic carbocycles. The molecule has 5 nitrogen and oxygen atoms in total. The molecule has 1 amide bonds. The molecular formula is C25H24ClN3O2S. The minimum Gasteiger partial charge on any atom is -0.457 e. The Bertz CT molecular complexity index is 1210. The third-order valence-electron chi connectivity index (χ3n) is 5.79. The number of amides is 1. The minimum atomic E-state index is -0.490. The molecule has 0 saturated carbocycles. The van der Waals surface area contributed by atoms with Gasteiger partial charge < -0.3 is 4.42 Å². The van der Waals surface area contributed by atoms with E-state index in [9.17, 15) is 10.1 Å². The minimum absolute atomic E-state index is 0.0391. The Kier molecular flexibility index (Phi) is 6.23. The van der Waals surface area contributed by atoms with Gasteiger partial charge in [-0.15, -0.1) is 11.3 Å². The van der Waals surface area contributed by atoms with Crippen LogP contribution in [0.2, 0.25) is 5.02 Å². The predicted octanol–water partition coefficient (Wildman–Crippen LogP) is 6.75. The number of carbonyl (C=O) groups is 1. The lowest BCUT2D eigenvalue weighted by atomic mass is 9.73. The largest absolute Gasteiger partial charge is 0.457 e. The van der Waals surface area contributed by atoms with Crippen LogP contribution in [0.1, 0.15) is 43.5 Å². The van der Waals surface area contributed by atoms with Crippen LogP contribution in [0.25, 0.3) is 17.4 Å². The number of nitrogens with zero attached hydrogens (tertiary/aromatic N) is 2. The van der Waals surface area contributed by atoms with Crippen molar-refractivity contribution in [3.63, 3.8) is 0 Å². The number of nitrogens with one attached hydrogen (secondary N) is 1. The molecule has 0 aliphatic heterocycles. The lowest BCUT2D eigenvalue weighted by Crippen LogP contribution is -2.26. The molecule has 0 unspecified atom stereocenters. The average molecular weight is 466 g/mol. The lowest BCUT2D eigenvalue weighted by Gasteiger charge is -2.33. The van der Waals surface area contributed by atoms with E-state index >= 15 is 0 Å². The summed E-state index contributed by atoms with van der Waals surface area (Å²) in [4.78, 5) is 18.5. The number of thiazole rings is 1. The number of furan rings is 1. The van der Waals surface area contributed by atoms with Crippen molar-refractivity contribution in [1.82, 2.24) is 4.98 Å². The monoisotopic (exact) mass is 465 g/mol. The second kappa shape index (κ2) is 8.93. The number of aryl methyl sites for hydroxylation is 1. The van der Waals surface area contributed by atoms with Gasteiger partial charge in [0.2, 0.25) is 0 Å². The number of hydrogen-bond acceptors (Lipinski definition) is 5. The summed E-state index contributed by atoms with van der Waals surface area (Å²) in [5.74, 6) is 1.16. The van der Waals surface area contributed by atoms with E-state index in [2.05, 4.69) is 31.1 Å². The number of benzene rings is 1. The van der Waals surface area contributed by atoms with E-state index in [4.69, 9.17) is 16.0 Å². The Balaban J connectivity index is 1.47. The standard InChI is InChI=1S/C25H24ClN3O2S/c1-25(2,3)17-6-10-20-22(13-17)32-24(28-20)29-23(30)16(14-27)12-19-9-11-21(31-19)15-4-7-18(26)8-5-15/h4-5,7-9,11-12,17H,6,10,13H2,1-3H3,(H,28,29,30)/b16-12+/t17-/m0/s1. The molecule has 1 aliphatic rings. The Labute approximate surface area is 196 Å². The maximum absolute atomic E-state index is 12.7. The molecule has 0 saturated heterocycles. The van der Waals surface area contributed by atoms with Crippen LogP contribution in [0.4, 0.5) is 5.13 Å². The highest BCUT2D eigenvalue weighted by atomic mass is 35.5. The quantitative estimate of drug-likeness (QED) is 0.341. The average Bonchev–Trinajstić information content (AvgIpc) is 3.37. The van der Waals surface area contributed by atoms with E-state index in [0.717, 1.165) is 30.5 Å². The molecule has 164 valence electrons. The van der Waals surface area contributed by atoms with Gasteiger partial charge in [0.05, 0.1) is 5.69 Å². The van der Waals surface area contributed by atoms with Gasteiger partial charge in [-0.2, -0.15) is 5.26 Å². The third kappa shape index (κ3) is 4.95. The predicted molar refractivity (Wildman–Crippen MR) is 128 cm³/mol. The third-order valence-corrected chi connectivity index (χ3v) is 7.08. The van der Waals surface area contributed by atoms with Crippen LogP contribution in [-0.4, -0.2) is 10.9 Å². The first kappa shape index (κ1) is 22.3. The summed E-state index contributed by atoms with van der Waals surface area (Å²) in [6, 6.07) is 12.7. The molecule has 3 aromatic rings. The van der Waals surface area contributed by atoms with Gasteiger partial charge in [0.25, 0.3) is 5.91 Å². The summed E-state index contributed by atoms with van der Waals surface area (Å²) in [6.45, 7) is 6.80. The first-order valence-electron chi connectivity index (χ1n) is 10.5. The van der Waals surface area contributed by atoms with E-state index in [-0.39, 0.29) is 11.0 Å². The van der Waals surface area contributed by atoms with Crippen molar-refractivity contribution in [1.29, 1.82) is 5.26 Å². The van der Waals surface area contributed by atoms with E-state index < -0.39 is 5.91 Å². The SMILES string of the molecule is CC(C)(C)[C@H]1CCc2nc(NC(=O)/C(C#N)=C/c3ccc(-c4ccc(Cl)cc4)o3)sc2C1. The van der Waals surface area contributed by atoms with Crippen molar-refractivity contribution < 1.29 is 9.21 Å². The van der Waals surface area contributed by atoms with Gasteiger partial charge in [0, 0.05) is 21.5 Å². The van der Waals surface area contributed by atoms with E-state index in [0.29, 0.717) is 27.6 Å². The number of fused-ring (bicyclic) bond motifs is 1. The van der Waals surface area contributed by atoms with Gasteiger partial charge in [-0.25, -0.2) is 4.98 Å². The van der Waals surface area contributed by atoms with Crippen molar-refractivity contribution >= 4 is 40.1 Å². The number of anilines is 1. The number of nitriles is 1. The summed E-state index contributed by atoms with van der Waals surface area (Å²) in [5, 5.41) is 13.5. The molecule has 1 atom stereocenters. The van der Waals surface area contributed by atoms with Gasteiger partial charge in [-0.1, -0.05) is 32.4 Å². The van der Waals surface area contributed by atoms with E-state index in [1.807, 2.05) is 18.2 Å². The fourth-order valence-corrected chi connectivity index (χ4v) is 5.03. The van der Waals surface area contributed by atoms with Crippen molar-refractivity contribution in [3.8, 4) is 17.4 Å². The van der Waals surface area contributed by atoms with Crippen molar-refractivity contribution in [2.24, 2.45) is 11.3 Å². The fourth-order valence-electron chi connectivity index (χ4n) is 3.82. The molecule has 1 N–H and O–H groups in total. The summed E-state index contributed by atoms with van der Waals surface area (Å²) in [5.41, 5.74) is 2.13. The van der Waals surface area contributed by atoms with Crippen molar-refractivity contribution in [2.45, 2.75) is 40.0 Å². The number of carbonyl (C=O) groups excluding carboxylic acids is 1. The molecule has 0 fully saturated rings.